The van der Waals surface area contributed by atoms with E-state index in [1.807, 2.05) is 36.0 Å². The van der Waals surface area contributed by atoms with Gasteiger partial charge >= 0.3 is 0 Å². The Hall–Kier alpha value is -1.93. The lowest BCUT2D eigenvalue weighted by Gasteiger charge is -2.20. The van der Waals surface area contributed by atoms with E-state index < -0.39 is 0 Å². The molecule has 22 heavy (non-hydrogen) atoms. The smallest absolute Gasteiger partial charge is 0.120 e. The molecule has 1 N–H and O–H groups in total. The fourth-order valence-electron chi connectivity index (χ4n) is 2.81. The number of aryl methyl sites for hydroxylation is 1. The van der Waals surface area contributed by atoms with Crippen LogP contribution in [-0.4, -0.2) is 10.9 Å². The number of fused-ring (bicyclic) bond motifs is 1. The monoisotopic (exact) mass is 308 g/mol. The normalized spacial score (nSPS) is 12.5. The molecular formula is C20H20OS. The SMILES string of the molecule is CCSC(c1ccc(C)cc1)c1c(O)ccc2ccccc12. The Kier molecular flexibility index (Phi) is 4.39. The van der Waals surface area contributed by atoms with Crippen LogP contribution in [0.3, 0.4) is 0 Å². The van der Waals surface area contributed by atoms with E-state index in [4.69, 9.17) is 0 Å². The zero-order chi connectivity index (χ0) is 15.5. The summed E-state index contributed by atoms with van der Waals surface area (Å²) in [6.45, 7) is 4.26. The first kappa shape index (κ1) is 15.0. The van der Waals surface area contributed by atoms with Crippen molar-refractivity contribution in [1.29, 1.82) is 0 Å². The van der Waals surface area contributed by atoms with E-state index in [0.29, 0.717) is 5.75 Å². The van der Waals surface area contributed by atoms with Crippen molar-refractivity contribution in [2.75, 3.05) is 5.75 Å². The number of rotatable bonds is 4. The molecule has 2 heteroatoms. The molecule has 0 saturated carbocycles. The van der Waals surface area contributed by atoms with Gasteiger partial charge in [-0.1, -0.05) is 67.1 Å². The minimum absolute atomic E-state index is 0.150. The molecule has 0 aromatic heterocycles. The Bertz CT molecular complexity index is 777. The molecule has 112 valence electrons. The van der Waals surface area contributed by atoms with Crippen LogP contribution >= 0.6 is 11.8 Å². The van der Waals surface area contributed by atoms with Crippen LogP contribution in [0.25, 0.3) is 10.8 Å². The lowest BCUT2D eigenvalue weighted by Crippen LogP contribution is -1.99. The lowest BCUT2D eigenvalue weighted by atomic mass is 9.96. The summed E-state index contributed by atoms with van der Waals surface area (Å²) in [7, 11) is 0. The first-order valence-electron chi connectivity index (χ1n) is 7.59. The van der Waals surface area contributed by atoms with Crippen molar-refractivity contribution in [3.05, 3.63) is 77.4 Å². The molecule has 0 radical (unpaired) electrons. The van der Waals surface area contributed by atoms with Crippen LogP contribution in [0.5, 0.6) is 5.75 Å². The summed E-state index contributed by atoms with van der Waals surface area (Å²) in [4.78, 5) is 0. The highest BCUT2D eigenvalue weighted by Gasteiger charge is 2.20. The minimum atomic E-state index is 0.150. The molecule has 0 fully saturated rings. The van der Waals surface area contributed by atoms with E-state index in [2.05, 4.69) is 50.2 Å². The van der Waals surface area contributed by atoms with E-state index in [9.17, 15) is 5.11 Å². The average molecular weight is 308 g/mol. The number of benzene rings is 3. The molecule has 3 rings (SSSR count). The Morgan fingerprint density at radius 2 is 1.68 bits per heavy atom. The standard InChI is InChI=1S/C20H20OS/c1-3-22-20(16-10-8-14(2)9-11-16)19-17-7-5-4-6-15(17)12-13-18(19)21/h4-13,20-21H,3H2,1-2H3. The zero-order valence-electron chi connectivity index (χ0n) is 12.9. The van der Waals surface area contributed by atoms with Gasteiger partial charge in [0.1, 0.15) is 5.75 Å². The van der Waals surface area contributed by atoms with Gasteiger partial charge < -0.3 is 5.11 Å². The maximum absolute atomic E-state index is 10.5. The zero-order valence-corrected chi connectivity index (χ0v) is 13.7. The Labute approximate surface area is 136 Å². The summed E-state index contributed by atoms with van der Waals surface area (Å²) in [6.07, 6.45) is 0. The van der Waals surface area contributed by atoms with Crippen molar-refractivity contribution in [1.82, 2.24) is 0 Å². The summed E-state index contributed by atoms with van der Waals surface area (Å²) >= 11 is 1.86. The van der Waals surface area contributed by atoms with Gasteiger partial charge in [0.2, 0.25) is 0 Å². The molecule has 0 heterocycles. The van der Waals surface area contributed by atoms with E-state index in [0.717, 1.165) is 16.7 Å². The van der Waals surface area contributed by atoms with Crippen molar-refractivity contribution >= 4 is 22.5 Å². The molecule has 1 nitrogen and oxygen atoms in total. The maximum atomic E-state index is 10.5. The van der Waals surface area contributed by atoms with E-state index in [1.165, 1.54) is 16.5 Å². The molecule has 0 spiro atoms. The Morgan fingerprint density at radius 3 is 2.41 bits per heavy atom. The van der Waals surface area contributed by atoms with Crippen LogP contribution in [0.1, 0.15) is 28.9 Å². The molecule has 0 bridgehead atoms. The number of thioether (sulfide) groups is 1. The van der Waals surface area contributed by atoms with E-state index in [-0.39, 0.29) is 5.25 Å². The molecule has 0 aliphatic rings. The second-order valence-electron chi connectivity index (χ2n) is 5.47. The summed E-state index contributed by atoms with van der Waals surface area (Å²) in [5.74, 6) is 1.38. The van der Waals surface area contributed by atoms with Crippen molar-refractivity contribution in [2.24, 2.45) is 0 Å². The number of aromatic hydroxyl groups is 1. The first-order valence-corrected chi connectivity index (χ1v) is 8.64. The molecule has 1 unspecified atom stereocenters. The molecule has 0 aliphatic carbocycles. The van der Waals surface area contributed by atoms with Crippen LogP contribution in [-0.2, 0) is 0 Å². The second kappa shape index (κ2) is 6.45. The maximum Gasteiger partial charge on any atom is 0.120 e. The van der Waals surface area contributed by atoms with Crippen molar-refractivity contribution < 1.29 is 5.11 Å². The van der Waals surface area contributed by atoms with Crippen LogP contribution in [0.15, 0.2) is 60.7 Å². The van der Waals surface area contributed by atoms with E-state index >= 15 is 0 Å². The lowest BCUT2D eigenvalue weighted by molar-refractivity contribution is 0.470. The molecule has 1 atom stereocenters. The van der Waals surface area contributed by atoms with Gasteiger partial charge in [0.25, 0.3) is 0 Å². The molecular weight excluding hydrogens is 288 g/mol. The van der Waals surface area contributed by atoms with E-state index in [1.54, 1.807) is 0 Å². The van der Waals surface area contributed by atoms with Crippen molar-refractivity contribution in [2.45, 2.75) is 19.1 Å². The van der Waals surface area contributed by atoms with Crippen LogP contribution in [0.4, 0.5) is 0 Å². The average Bonchev–Trinajstić information content (AvgIpc) is 2.54. The molecule has 0 amide bonds. The van der Waals surface area contributed by atoms with Gasteiger partial charge in [-0.2, -0.15) is 0 Å². The number of hydrogen-bond donors (Lipinski definition) is 1. The largest absolute Gasteiger partial charge is 0.508 e. The predicted molar refractivity (Wildman–Crippen MR) is 96.8 cm³/mol. The first-order chi connectivity index (χ1) is 10.7. The highest BCUT2D eigenvalue weighted by Crippen LogP contribution is 2.43. The van der Waals surface area contributed by atoms with Gasteiger partial charge in [-0.3, -0.25) is 0 Å². The third-order valence-electron chi connectivity index (χ3n) is 3.92. The highest BCUT2D eigenvalue weighted by molar-refractivity contribution is 7.99. The second-order valence-corrected chi connectivity index (χ2v) is 6.85. The van der Waals surface area contributed by atoms with Crippen molar-refractivity contribution in [3.8, 4) is 5.75 Å². The van der Waals surface area contributed by atoms with Crippen LogP contribution < -0.4 is 0 Å². The molecule has 0 saturated heterocycles. The van der Waals surface area contributed by atoms with Gasteiger partial charge in [-0.15, -0.1) is 11.8 Å². The topological polar surface area (TPSA) is 20.2 Å². The van der Waals surface area contributed by atoms with Crippen molar-refractivity contribution in [3.63, 3.8) is 0 Å². The minimum Gasteiger partial charge on any atom is -0.508 e. The molecule has 3 aromatic carbocycles. The van der Waals surface area contributed by atoms with Gasteiger partial charge in [-0.25, -0.2) is 0 Å². The van der Waals surface area contributed by atoms with Crippen LogP contribution in [0.2, 0.25) is 0 Å². The fourth-order valence-corrected chi connectivity index (χ4v) is 3.91. The summed E-state index contributed by atoms with van der Waals surface area (Å²) in [5.41, 5.74) is 3.52. The third-order valence-corrected chi connectivity index (χ3v) is 5.10. The third kappa shape index (κ3) is 2.84. The molecule has 3 aromatic rings. The van der Waals surface area contributed by atoms with Gasteiger partial charge in [0.15, 0.2) is 0 Å². The number of phenols is 1. The summed E-state index contributed by atoms with van der Waals surface area (Å²) < 4.78 is 0. The fraction of sp³-hybridized carbons (Fsp3) is 0.200. The Balaban J connectivity index is 2.20. The Morgan fingerprint density at radius 1 is 0.955 bits per heavy atom. The summed E-state index contributed by atoms with van der Waals surface area (Å²) in [6, 6.07) is 20.7. The number of phenolic OH excluding ortho intramolecular Hbond substituents is 1. The quantitative estimate of drug-likeness (QED) is 0.667. The molecule has 0 aliphatic heterocycles. The summed E-state index contributed by atoms with van der Waals surface area (Å²) in [5, 5.41) is 13.0. The van der Waals surface area contributed by atoms with Crippen LogP contribution in [0, 0.1) is 6.92 Å². The van der Waals surface area contributed by atoms with Gasteiger partial charge in [0.05, 0.1) is 5.25 Å². The number of hydrogen-bond acceptors (Lipinski definition) is 2. The highest BCUT2D eigenvalue weighted by atomic mass is 32.2. The predicted octanol–water partition coefficient (Wildman–Crippen LogP) is 5.70. The van der Waals surface area contributed by atoms with Gasteiger partial charge in [-0.05, 0) is 35.1 Å². The van der Waals surface area contributed by atoms with Gasteiger partial charge in [0, 0.05) is 5.56 Å².